The van der Waals surface area contributed by atoms with Crippen LogP contribution in [0, 0.1) is 17.8 Å². The molecule has 0 radical (unpaired) electrons. The number of nitrogens with one attached hydrogen (secondary N) is 3. The third-order valence-corrected chi connectivity index (χ3v) is 9.78. The van der Waals surface area contributed by atoms with Crippen LogP contribution in [0.15, 0.2) is 0 Å². The van der Waals surface area contributed by atoms with E-state index in [4.69, 9.17) is 0 Å². The average molecular weight is 460 g/mol. The van der Waals surface area contributed by atoms with Crippen molar-refractivity contribution in [1.82, 2.24) is 15.4 Å². The van der Waals surface area contributed by atoms with Gasteiger partial charge in [-0.2, -0.15) is 0 Å². The SMILES string of the molecule is CC(CC(O)NCC1CCCC2CCCCC21)NC(O)CNS(=O)(=O)C1CCCCC1. The molecule has 0 aromatic rings. The van der Waals surface area contributed by atoms with Gasteiger partial charge in [-0.15, -0.1) is 0 Å². The van der Waals surface area contributed by atoms with Crippen LogP contribution in [0.25, 0.3) is 0 Å². The van der Waals surface area contributed by atoms with Crippen LogP contribution in [0.1, 0.15) is 90.4 Å². The molecule has 6 atom stereocenters. The van der Waals surface area contributed by atoms with Crippen LogP contribution in [0.3, 0.4) is 0 Å². The van der Waals surface area contributed by atoms with E-state index in [9.17, 15) is 18.6 Å². The Kier molecular flexibility index (Phi) is 10.1. The number of aliphatic hydroxyl groups excluding tert-OH is 2. The van der Waals surface area contributed by atoms with Crippen molar-refractivity contribution < 1.29 is 18.6 Å². The van der Waals surface area contributed by atoms with Crippen LogP contribution in [0.4, 0.5) is 0 Å². The predicted molar refractivity (Wildman–Crippen MR) is 124 cm³/mol. The molecule has 5 N–H and O–H groups in total. The van der Waals surface area contributed by atoms with Gasteiger partial charge in [-0.1, -0.05) is 51.4 Å². The number of aliphatic hydroxyl groups is 2. The highest BCUT2D eigenvalue weighted by atomic mass is 32.2. The zero-order chi connectivity index (χ0) is 22.3. The van der Waals surface area contributed by atoms with E-state index >= 15 is 0 Å². The molecule has 0 amide bonds. The summed E-state index contributed by atoms with van der Waals surface area (Å²) in [5, 5.41) is 26.6. The summed E-state index contributed by atoms with van der Waals surface area (Å²) in [6.45, 7) is 2.72. The Morgan fingerprint density at radius 1 is 0.871 bits per heavy atom. The van der Waals surface area contributed by atoms with Crippen LogP contribution in [-0.2, 0) is 10.0 Å². The van der Waals surface area contributed by atoms with Crippen molar-refractivity contribution in [3.63, 3.8) is 0 Å². The number of fused-ring (bicyclic) bond motifs is 1. The van der Waals surface area contributed by atoms with Gasteiger partial charge in [0.15, 0.2) is 0 Å². The molecule has 0 aliphatic heterocycles. The summed E-state index contributed by atoms with van der Waals surface area (Å²) < 4.78 is 27.3. The molecule has 0 spiro atoms. The number of sulfonamides is 1. The normalized spacial score (nSPS) is 31.0. The monoisotopic (exact) mass is 459 g/mol. The Balaban J connectivity index is 1.33. The largest absolute Gasteiger partial charge is 0.379 e. The molecule has 3 aliphatic rings. The molecule has 6 unspecified atom stereocenters. The van der Waals surface area contributed by atoms with Gasteiger partial charge in [0.1, 0.15) is 12.5 Å². The van der Waals surface area contributed by atoms with Crippen molar-refractivity contribution in [2.75, 3.05) is 13.1 Å². The maximum Gasteiger partial charge on any atom is 0.214 e. The molecule has 0 heterocycles. The Hall–Kier alpha value is -0.250. The minimum Gasteiger partial charge on any atom is -0.379 e. The molecule has 3 rings (SSSR count). The highest BCUT2D eigenvalue weighted by Gasteiger charge is 2.34. The van der Waals surface area contributed by atoms with Crippen LogP contribution >= 0.6 is 0 Å². The lowest BCUT2D eigenvalue weighted by atomic mass is 9.65. The summed E-state index contributed by atoms with van der Waals surface area (Å²) in [4.78, 5) is 0. The van der Waals surface area contributed by atoms with Crippen LogP contribution in [0.2, 0.25) is 0 Å². The van der Waals surface area contributed by atoms with E-state index in [1.807, 2.05) is 6.92 Å². The van der Waals surface area contributed by atoms with Gasteiger partial charge < -0.3 is 10.2 Å². The Bertz CT molecular complexity index is 624. The number of hydrogen-bond acceptors (Lipinski definition) is 6. The zero-order valence-corrected chi connectivity index (χ0v) is 20.1. The van der Waals surface area contributed by atoms with Crippen molar-refractivity contribution in [2.24, 2.45) is 17.8 Å². The lowest BCUT2D eigenvalue weighted by Crippen LogP contribution is -2.48. The van der Waals surface area contributed by atoms with Crippen LogP contribution in [-0.4, -0.2) is 55.5 Å². The zero-order valence-electron chi connectivity index (χ0n) is 19.3. The first-order valence-corrected chi connectivity index (χ1v) is 14.2. The van der Waals surface area contributed by atoms with Crippen molar-refractivity contribution in [1.29, 1.82) is 0 Å². The van der Waals surface area contributed by atoms with Crippen LogP contribution < -0.4 is 15.4 Å². The second-order valence-corrected chi connectivity index (χ2v) is 12.3. The van der Waals surface area contributed by atoms with E-state index in [2.05, 4.69) is 15.4 Å². The van der Waals surface area contributed by atoms with Gasteiger partial charge in [-0.3, -0.25) is 10.6 Å². The fraction of sp³-hybridized carbons (Fsp3) is 1.00. The summed E-state index contributed by atoms with van der Waals surface area (Å²) in [7, 11) is -3.38. The maximum atomic E-state index is 12.4. The predicted octanol–water partition coefficient (Wildman–Crippen LogP) is 2.44. The van der Waals surface area contributed by atoms with Gasteiger partial charge in [0, 0.05) is 19.0 Å². The third kappa shape index (κ3) is 7.93. The smallest absolute Gasteiger partial charge is 0.214 e. The summed E-state index contributed by atoms with van der Waals surface area (Å²) in [6.07, 6.45) is 12.7. The van der Waals surface area contributed by atoms with Gasteiger partial charge >= 0.3 is 0 Å². The first kappa shape index (κ1) is 25.4. The van der Waals surface area contributed by atoms with Crippen LogP contribution in [0.5, 0.6) is 0 Å². The van der Waals surface area contributed by atoms with Crippen molar-refractivity contribution in [3.05, 3.63) is 0 Å². The fourth-order valence-electron chi connectivity index (χ4n) is 6.17. The number of hydrogen-bond donors (Lipinski definition) is 5. The van der Waals surface area contributed by atoms with Gasteiger partial charge in [0.05, 0.1) is 11.8 Å². The standard InChI is InChI=1S/C23H45N3O4S/c1-17(26-23(28)16-25-31(29,30)20-11-3-2-4-12-20)14-22(27)24-15-19-10-7-9-18-8-5-6-13-21(18)19/h17-28H,2-16H2,1H3. The Morgan fingerprint density at radius 2 is 1.55 bits per heavy atom. The third-order valence-electron chi connectivity index (χ3n) is 7.86. The van der Waals surface area contributed by atoms with Crippen molar-refractivity contribution in [3.8, 4) is 0 Å². The van der Waals surface area contributed by atoms with Gasteiger partial charge in [-0.05, 0) is 50.4 Å². The molecule has 182 valence electrons. The molecule has 0 saturated heterocycles. The summed E-state index contributed by atoms with van der Waals surface area (Å²) >= 11 is 0. The first-order chi connectivity index (χ1) is 14.8. The van der Waals surface area contributed by atoms with E-state index in [-0.39, 0.29) is 17.8 Å². The second-order valence-electron chi connectivity index (χ2n) is 10.3. The van der Waals surface area contributed by atoms with Gasteiger partial charge in [0.2, 0.25) is 10.0 Å². The fourth-order valence-corrected chi connectivity index (χ4v) is 7.75. The van der Waals surface area contributed by atoms with E-state index in [1.165, 1.54) is 44.9 Å². The highest BCUT2D eigenvalue weighted by molar-refractivity contribution is 7.90. The molecule has 3 aliphatic carbocycles. The van der Waals surface area contributed by atoms with Crippen molar-refractivity contribution >= 4 is 10.0 Å². The second kappa shape index (κ2) is 12.3. The highest BCUT2D eigenvalue weighted by Crippen LogP contribution is 2.43. The molecule has 0 aromatic carbocycles. The molecule has 0 bridgehead atoms. The molecule has 3 saturated carbocycles. The summed E-state index contributed by atoms with van der Waals surface area (Å²) in [5.74, 6) is 2.37. The minimum absolute atomic E-state index is 0.0438. The molecule has 7 nitrogen and oxygen atoms in total. The molecule has 8 heteroatoms. The first-order valence-electron chi connectivity index (χ1n) is 12.7. The summed E-state index contributed by atoms with van der Waals surface area (Å²) in [5.41, 5.74) is 0. The maximum absolute atomic E-state index is 12.4. The van der Waals surface area contributed by atoms with Crippen molar-refractivity contribution in [2.45, 2.75) is 114 Å². The van der Waals surface area contributed by atoms with E-state index < -0.39 is 22.5 Å². The van der Waals surface area contributed by atoms with E-state index in [1.54, 1.807) is 0 Å². The summed E-state index contributed by atoms with van der Waals surface area (Å²) in [6, 6.07) is -0.134. The molecule has 3 fully saturated rings. The lowest BCUT2D eigenvalue weighted by Gasteiger charge is -2.42. The van der Waals surface area contributed by atoms with E-state index in [0.717, 1.165) is 37.6 Å². The average Bonchev–Trinajstić information content (AvgIpc) is 2.77. The number of rotatable bonds is 11. The molecular weight excluding hydrogens is 414 g/mol. The minimum atomic E-state index is -3.38. The van der Waals surface area contributed by atoms with E-state index in [0.29, 0.717) is 25.2 Å². The van der Waals surface area contributed by atoms with Gasteiger partial charge in [0.25, 0.3) is 0 Å². The van der Waals surface area contributed by atoms with Gasteiger partial charge in [-0.25, -0.2) is 13.1 Å². The lowest BCUT2D eigenvalue weighted by molar-refractivity contribution is 0.0627. The topological polar surface area (TPSA) is 111 Å². The Labute approximate surface area is 189 Å². The molecule has 0 aromatic heterocycles. The molecule has 31 heavy (non-hydrogen) atoms. The molecular formula is C23H45N3O4S. The Morgan fingerprint density at radius 3 is 2.32 bits per heavy atom. The quantitative estimate of drug-likeness (QED) is 0.304.